The normalized spacial score (nSPS) is 11.6. The van der Waals surface area contributed by atoms with Gasteiger partial charge in [0.2, 0.25) is 17.2 Å². The van der Waals surface area contributed by atoms with Crippen LogP contribution in [-0.4, -0.2) is 60.8 Å². The molecule has 0 unspecified atom stereocenters. The van der Waals surface area contributed by atoms with Crippen LogP contribution >= 0.6 is 11.6 Å². The summed E-state index contributed by atoms with van der Waals surface area (Å²) in [6, 6.07) is 10.0. The third-order valence-corrected chi connectivity index (χ3v) is 7.79. The van der Waals surface area contributed by atoms with Crippen LogP contribution < -0.4 is 69.7 Å². The zero-order valence-electron chi connectivity index (χ0n) is 18.7. The Hall–Kier alpha value is -0.890. The topological polar surface area (TPSA) is 211 Å². The molecule has 182 valence electrons. The van der Waals surface area contributed by atoms with Crippen molar-refractivity contribution >= 4 is 64.9 Å². The molecule has 13 nitrogen and oxygen atoms in total. The maximum atomic E-state index is 12.2. The summed E-state index contributed by atoms with van der Waals surface area (Å²) in [6.07, 6.45) is 0. The molecule has 3 aromatic rings. The molecule has 0 saturated heterocycles. The van der Waals surface area contributed by atoms with E-state index in [0.717, 1.165) is 12.1 Å². The van der Waals surface area contributed by atoms with Gasteiger partial charge in [-0.1, -0.05) is 0 Å². The Morgan fingerprint density at radius 2 is 1.08 bits per heavy atom. The number of hydrogen-bond acceptors (Lipinski definition) is 13. The molecule has 0 bridgehead atoms. The van der Waals surface area contributed by atoms with E-state index in [9.17, 15) is 34.4 Å². The van der Waals surface area contributed by atoms with Gasteiger partial charge in [-0.05, 0) is 60.1 Å². The largest absolute Gasteiger partial charge is 1.00 e. The molecule has 0 radical (unpaired) electrons. The Morgan fingerprint density at radius 3 is 1.47 bits per heavy atom. The van der Waals surface area contributed by atoms with Crippen LogP contribution in [0.4, 0.5) is 23.3 Å². The molecule has 0 atom stereocenters. The van der Waals surface area contributed by atoms with Gasteiger partial charge in [-0.15, -0.1) is 0 Å². The molecule has 1 aromatic heterocycles. The van der Waals surface area contributed by atoms with E-state index in [1.54, 1.807) is 0 Å². The summed E-state index contributed by atoms with van der Waals surface area (Å²) in [5.41, 5.74) is 0.712. The summed E-state index contributed by atoms with van der Waals surface area (Å²) >= 11 is 5.91. The number of anilines is 4. The summed E-state index contributed by atoms with van der Waals surface area (Å²) < 4.78 is 89.4. The number of nitrogens with zero attached hydrogens (tertiary/aromatic N) is 3. The van der Waals surface area contributed by atoms with Crippen LogP contribution in [-0.2, 0) is 30.1 Å². The van der Waals surface area contributed by atoms with Crippen molar-refractivity contribution in [2.45, 2.75) is 9.79 Å². The van der Waals surface area contributed by atoms with Crippen LogP contribution in [0.25, 0.3) is 0 Å². The number of nitrogens with one attached hydrogen (secondary N) is 2. The quantitative estimate of drug-likeness (QED) is 0.176. The van der Waals surface area contributed by atoms with Crippen molar-refractivity contribution in [1.82, 2.24) is 15.0 Å². The monoisotopic (exact) mass is 593 g/mol. The van der Waals surface area contributed by atoms with E-state index >= 15 is 0 Å². The van der Waals surface area contributed by atoms with Crippen LogP contribution in [0, 0.1) is 0 Å². The average Bonchev–Trinajstić information content (AvgIpc) is 2.72. The molecular weight excluding hydrogens is 580 g/mol. The van der Waals surface area contributed by atoms with Gasteiger partial charge in [0, 0.05) is 11.4 Å². The van der Waals surface area contributed by atoms with Crippen molar-refractivity contribution in [2.75, 3.05) is 22.1 Å². The van der Waals surface area contributed by atoms with E-state index in [1.165, 1.54) is 36.4 Å². The first-order chi connectivity index (χ1) is 15.7. The maximum absolute atomic E-state index is 12.2. The Labute approximate surface area is 256 Å². The Morgan fingerprint density at radius 1 is 0.667 bits per heavy atom. The summed E-state index contributed by atoms with van der Waals surface area (Å²) in [7, 11) is -13.2. The molecular formula is C17H14ClN5Na2O8S3. The molecule has 2 aromatic carbocycles. The molecule has 1 heterocycles. The van der Waals surface area contributed by atoms with Gasteiger partial charge < -0.3 is 19.7 Å². The van der Waals surface area contributed by atoms with Crippen molar-refractivity contribution in [3.05, 3.63) is 53.8 Å². The van der Waals surface area contributed by atoms with E-state index in [4.69, 9.17) is 11.6 Å². The average molecular weight is 594 g/mol. The number of sulfone groups is 1. The molecule has 36 heavy (non-hydrogen) atoms. The van der Waals surface area contributed by atoms with Crippen LogP contribution in [0.3, 0.4) is 0 Å². The molecule has 0 aliphatic heterocycles. The molecule has 0 aliphatic carbocycles. The molecule has 3 rings (SSSR count). The van der Waals surface area contributed by atoms with Crippen molar-refractivity contribution in [3.63, 3.8) is 0 Å². The van der Waals surface area contributed by atoms with Gasteiger partial charge >= 0.3 is 59.1 Å². The van der Waals surface area contributed by atoms with Gasteiger partial charge in [-0.3, -0.25) is 0 Å². The van der Waals surface area contributed by atoms with Crippen LogP contribution in [0.1, 0.15) is 0 Å². The Balaban J connectivity index is 0.00000324. The summed E-state index contributed by atoms with van der Waals surface area (Å²) in [5, 5.41) is 5.36. The van der Waals surface area contributed by atoms with Crippen molar-refractivity contribution < 1.29 is 93.5 Å². The van der Waals surface area contributed by atoms with Gasteiger partial charge in [0.05, 0.1) is 31.4 Å². The summed E-state index contributed by atoms with van der Waals surface area (Å²) in [6.45, 7) is 0. The minimum Gasteiger partial charge on any atom is -0.748 e. The number of benzene rings is 2. The molecule has 19 heteroatoms. The SMILES string of the molecule is O=S(=O)([O-])CCS(=O)(=O)c1ccc(Nc2nc(Cl)nc(Nc3ccc(S(=O)(=O)[O-])cc3)n2)cc1.[Na+].[Na+]. The zero-order valence-corrected chi connectivity index (χ0v) is 25.9. The standard InChI is InChI=1S/C17H16ClN5O8S3.2Na/c18-15-21-16(23-17(22-15)20-12-3-7-14(8-4-12)34(29,30)31)19-11-1-5-13(6-2-11)32(24,25)9-10-33(26,27)28;;/h1-8H,9-10H2,(H,26,27,28)(H,29,30,31)(H2,19,20,21,22,23);;/q;2*+1/p-2. The van der Waals surface area contributed by atoms with E-state index in [-0.39, 0.29) is 81.2 Å². The van der Waals surface area contributed by atoms with Crippen molar-refractivity contribution in [2.24, 2.45) is 0 Å². The van der Waals surface area contributed by atoms with E-state index in [2.05, 4.69) is 25.6 Å². The maximum Gasteiger partial charge on any atom is 1.00 e. The smallest absolute Gasteiger partial charge is 0.748 e. The minimum absolute atomic E-state index is 0. The van der Waals surface area contributed by atoms with E-state index in [1.807, 2.05) is 0 Å². The molecule has 0 spiro atoms. The predicted molar refractivity (Wildman–Crippen MR) is 119 cm³/mol. The fourth-order valence-corrected chi connectivity index (χ4v) is 5.61. The molecule has 2 N–H and O–H groups in total. The number of aromatic nitrogens is 3. The first kappa shape index (κ1) is 33.1. The van der Waals surface area contributed by atoms with Gasteiger partial charge in [0.15, 0.2) is 9.84 Å². The van der Waals surface area contributed by atoms with Gasteiger partial charge in [-0.2, -0.15) is 15.0 Å². The minimum atomic E-state index is -4.68. The molecule has 0 fully saturated rings. The second-order valence-corrected chi connectivity index (χ2v) is 11.9. The summed E-state index contributed by atoms with van der Waals surface area (Å²) in [4.78, 5) is 11.3. The number of rotatable bonds is 9. The van der Waals surface area contributed by atoms with Gasteiger partial charge in [0.1, 0.15) is 10.1 Å². The van der Waals surface area contributed by atoms with E-state index < -0.39 is 46.5 Å². The second kappa shape index (κ2) is 13.3. The van der Waals surface area contributed by atoms with Crippen LogP contribution in [0.2, 0.25) is 5.28 Å². The van der Waals surface area contributed by atoms with Crippen molar-refractivity contribution in [1.29, 1.82) is 0 Å². The van der Waals surface area contributed by atoms with E-state index in [0.29, 0.717) is 11.4 Å². The van der Waals surface area contributed by atoms with Crippen LogP contribution in [0.5, 0.6) is 0 Å². The molecule has 0 saturated carbocycles. The van der Waals surface area contributed by atoms with Gasteiger partial charge in [-0.25, -0.2) is 25.3 Å². The number of halogens is 1. The molecule has 0 amide bonds. The third kappa shape index (κ3) is 10.1. The second-order valence-electron chi connectivity index (χ2n) is 6.59. The Bertz CT molecular complexity index is 1520. The van der Waals surface area contributed by atoms with Gasteiger partial charge in [0.25, 0.3) is 0 Å². The molecule has 0 aliphatic rings. The predicted octanol–water partition coefficient (Wildman–Crippen LogP) is -4.76. The zero-order chi connectivity index (χ0) is 25.1. The third-order valence-electron chi connectivity index (χ3n) is 4.08. The number of hydrogen-bond donors (Lipinski definition) is 2. The fraction of sp³-hybridized carbons (Fsp3) is 0.118. The fourth-order valence-electron chi connectivity index (χ4n) is 2.50. The Kier molecular flexibility index (Phi) is 12.2. The first-order valence-corrected chi connectivity index (χ1v) is 14.0. The first-order valence-electron chi connectivity index (χ1n) is 8.99. The van der Waals surface area contributed by atoms with Crippen molar-refractivity contribution in [3.8, 4) is 0 Å². The van der Waals surface area contributed by atoms with Crippen LogP contribution in [0.15, 0.2) is 58.3 Å². The summed E-state index contributed by atoms with van der Waals surface area (Å²) in [5.74, 6) is -1.91.